The van der Waals surface area contributed by atoms with Gasteiger partial charge >= 0.3 is 0 Å². The van der Waals surface area contributed by atoms with Gasteiger partial charge in [-0.3, -0.25) is 4.90 Å². The van der Waals surface area contributed by atoms with Crippen LogP contribution in [0.25, 0.3) is 0 Å². The van der Waals surface area contributed by atoms with Gasteiger partial charge in [-0.05, 0) is 63.4 Å². The van der Waals surface area contributed by atoms with Crippen LogP contribution >= 0.6 is 0 Å². The highest BCUT2D eigenvalue weighted by molar-refractivity contribution is 5.37. The van der Waals surface area contributed by atoms with Crippen molar-refractivity contribution >= 4 is 0 Å². The molecule has 1 saturated heterocycles. The van der Waals surface area contributed by atoms with Crippen molar-refractivity contribution in [2.45, 2.75) is 53.1 Å². The van der Waals surface area contributed by atoms with Crippen molar-refractivity contribution in [1.29, 1.82) is 0 Å². The molecule has 2 nitrogen and oxygen atoms in total. The lowest BCUT2D eigenvalue weighted by Gasteiger charge is -2.33. The Labute approximate surface area is 118 Å². The molecule has 1 atom stereocenters. The van der Waals surface area contributed by atoms with Crippen molar-refractivity contribution < 1.29 is 0 Å². The minimum atomic E-state index is 0.685. The summed E-state index contributed by atoms with van der Waals surface area (Å²) in [6.07, 6.45) is 2.65. The molecule has 2 heteroatoms. The van der Waals surface area contributed by atoms with Gasteiger partial charge < -0.3 is 5.32 Å². The van der Waals surface area contributed by atoms with Crippen LogP contribution in [0.2, 0.25) is 0 Å². The highest BCUT2D eigenvalue weighted by Gasteiger charge is 2.20. The van der Waals surface area contributed by atoms with Crippen LogP contribution in [-0.2, 0) is 6.54 Å². The van der Waals surface area contributed by atoms with E-state index in [1.54, 1.807) is 0 Å². The van der Waals surface area contributed by atoms with Crippen molar-refractivity contribution in [3.8, 4) is 0 Å². The molecule has 1 unspecified atom stereocenters. The third-order valence-corrected chi connectivity index (χ3v) is 4.22. The van der Waals surface area contributed by atoms with Gasteiger partial charge in [-0.15, -0.1) is 0 Å². The van der Waals surface area contributed by atoms with Crippen LogP contribution in [-0.4, -0.2) is 30.6 Å². The number of rotatable bonds is 4. The molecule has 0 amide bonds. The van der Waals surface area contributed by atoms with E-state index < -0.39 is 0 Å². The molecule has 1 heterocycles. The quantitative estimate of drug-likeness (QED) is 0.894. The number of aryl methyl sites for hydroxylation is 3. The van der Waals surface area contributed by atoms with Crippen molar-refractivity contribution in [2.75, 3.05) is 19.6 Å². The summed E-state index contributed by atoms with van der Waals surface area (Å²) < 4.78 is 0. The lowest BCUT2D eigenvalue weighted by atomic mass is 9.98. The zero-order valence-corrected chi connectivity index (χ0v) is 12.9. The molecule has 0 aromatic heterocycles. The largest absolute Gasteiger partial charge is 0.313 e. The van der Waals surface area contributed by atoms with E-state index in [-0.39, 0.29) is 0 Å². The van der Waals surface area contributed by atoms with E-state index >= 15 is 0 Å². The average Bonchev–Trinajstić information content (AvgIpc) is 2.35. The Morgan fingerprint density at radius 2 is 1.89 bits per heavy atom. The van der Waals surface area contributed by atoms with Gasteiger partial charge in [0.25, 0.3) is 0 Å². The maximum absolute atomic E-state index is 3.60. The normalized spacial score (nSPS) is 20.7. The van der Waals surface area contributed by atoms with Gasteiger partial charge in [0, 0.05) is 19.1 Å². The number of nitrogens with zero attached hydrogens (tertiary/aromatic N) is 1. The number of hydrogen-bond donors (Lipinski definition) is 1. The van der Waals surface area contributed by atoms with Crippen molar-refractivity contribution in [3.05, 3.63) is 34.4 Å². The third kappa shape index (κ3) is 3.80. The SMILES string of the molecule is CCNC1CCCN(Cc2c(C)cc(C)cc2C)C1. The number of likely N-dealkylation sites (tertiary alicyclic amines) is 1. The van der Waals surface area contributed by atoms with E-state index in [0.717, 1.165) is 13.1 Å². The van der Waals surface area contributed by atoms with Gasteiger partial charge in [-0.1, -0.05) is 24.6 Å². The fourth-order valence-corrected chi connectivity index (χ4v) is 3.34. The van der Waals surface area contributed by atoms with Crippen LogP contribution < -0.4 is 5.32 Å². The number of hydrogen-bond acceptors (Lipinski definition) is 2. The topological polar surface area (TPSA) is 15.3 Å². The molecule has 2 rings (SSSR count). The van der Waals surface area contributed by atoms with E-state index in [0.29, 0.717) is 6.04 Å². The second-order valence-electron chi connectivity index (χ2n) is 6.01. The number of piperidine rings is 1. The van der Waals surface area contributed by atoms with Crippen LogP contribution in [0.3, 0.4) is 0 Å². The molecule has 1 fully saturated rings. The number of likely N-dealkylation sites (N-methyl/N-ethyl adjacent to an activating group) is 1. The second kappa shape index (κ2) is 6.53. The molecule has 0 radical (unpaired) electrons. The Bertz CT molecular complexity index is 400. The molecule has 1 aromatic carbocycles. The Morgan fingerprint density at radius 1 is 1.21 bits per heavy atom. The summed E-state index contributed by atoms with van der Waals surface area (Å²) in [7, 11) is 0. The van der Waals surface area contributed by atoms with E-state index in [2.05, 4.69) is 50.0 Å². The Balaban J connectivity index is 2.04. The first kappa shape index (κ1) is 14.5. The maximum Gasteiger partial charge on any atom is 0.0239 e. The van der Waals surface area contributed by atoms with Crippen molar-refractivity contribution in [3.63, 3.8) is 0 Å². The van der Waals surface area contributed by atoms with E-state index in [9.17, 15) is 0 Å². The summed E-state index contributed by atoms with van der Waals surface area (Å²) in [4.78, 5) is 2.61. The fraction of sp³-hybridized carbons (Fsp3) is 0.647. The first-order valence-electron chi connectivity index (χ1n) is 7.62. The predicted octanol–water partition coefficient (Wildman–Crippen LogP) is 3.19. The molecule has 1 N–H and O–H groups in total. The molecule has 1 aliphatic heterocycles. The Morgan fingerprint density at radius 3 is 2.53 bits per heavy atom. The Kier molecular flexibility index (Phi) is 5.00. The Hall–Kier alpha value is -0.860. The van der Waals surface area contributed by atoms with Gasteiger partial charge in [0.15, 0.2) is 0 Å². The van der Waals surface area contributed by atoms with E-state index in [1.165, 1.54) is 48.2 Å². The van der Waals surface area contributed by atoms with Crippen LogP contribution in [0, 0.1) is 20.8 Å². The van der Waals surface area contributed by atoms with E-state index in [1.807, 2.05) is 0 Å². The molecule has 106 valence electrons. The highest BCUT2D eigenvalue weighted by Crippen LogP contribution is 2.20. The number of benzene rings is 1. The third-order valence-electron chi connectivity index (χ3n) is 4.22. The summed E-state index contributed by atoms with van der Waals surface area (Å²) in [5.41, 5.74) is 5.80. The summed E-state index contributed by atoms with van der Waals surface area (Å²) in [5.74, 6) is 0. The highest BCUT2D eigenvalue weighted by atomic mass is 15.2. The fourth-order valence-electron chi connectivity index (χ4n) is 3.34. The minimum Gasteiger partial charge on any atom is -0.313 e. The molecule has 19 heavy (non-hydrogen) atoms. The van der Waals surface area contributed by atoms with Gasteiger partial charge in [0.05, 0.1) is 0 Å². The average molecular weight is 260 g/mol. The van der Waals surface area contributed by atoms with Gasteiger partial charge in [-0.25, -0.2) is 0 Å². The summed E-state index contributed by atoms with van der Waals surface area (Å²) in [6, 6.07) is 5.31. The number of nitrogens with one attached hydrogen (secondary N) is 1. The van der Waals surface area contributed by atoms with Gasteiger partial charge in [-0.2, -0.15) is 0 Å². The summed E-state index contributed by atoms with van der Waals surface area (Å²) in [6.45, 7) is 13.5. The van der Waals surface area contributed by atoms with Gasteiger partial charge in [0.2, 0.25) is 0 Å². The maximum atomic E-state index is 3.60. The van der Waals surface area contributed by atoms with Crippen LogP contribution in [0.4, 0.5) is 0 Å². The van der Waals surface area contributed by atoms with Crippen molar-refractivity contribution in [1.82, 2.24) is 10.2 Å². The van der Waals surface area contributed by atoms with Crippen LogP contribution in [0.1, 0.15) is 42.0 Å². The first-order chi connectivity index (χ1) is 9.10. The molecule has 0 saturated carbocycles. The lowest BCUT2D eigenvalue weighted by Crippen LogP contribution is -2.45. The van der Waals surface area contributed by atoms with E-state index in [4.69, 9.17) is 0 Å². The summed E-state index contributed by atoms with van der Waals surface area (Å²) >= 11 is 0. The van der Waals surface area contributed by atoms with Gasteiger partial charge in [0.1, 0.15) is 0 Å². The standard InChI is InChI=1S/C17H28N2/c1-5-18-16-7-6-8-19(11-16)12-17-14(3)9-13(2)10-15(17)4/h9-10,16,18H,5-8,11-12H2,1-4H3. The smallest absolute Gasteiger partial charge is 0.0239 e. The lowest BCUT2D eigenvalue weighted by molar-refractivity contribution is 0.184. The molecule has 1 aromatic rings. The molecule has 0 aliphatic carbocycles. The zero-order chi connectivity index (χ0) is 13.8. The summed E-state index contributed by atoms with van der Waals surface area (Å²) in [5, 5.41) is 3.60. The van der Waals surface area contributed by atoms with Crippen molar-refractivity contribution in [2.24, 2.45) is 0 Å². The predicted molar refractivity (Wildman–Crippen MR) is 82.6 cm³/mol. The minimum absolute atomic E-state index is 0.685. The van der Waals surface area contributed by atoms with Crippen LogP contribution in [0.5, 0.6) is 0 Å². The zero-order valence-electron chi connectivity index (χ0n) is 12.9. The first-order valence-corrected chi connectivity index (χ1v) is 7.62. The molecule has 1 aliphatic rings. The van der Waals surface area contributed by atoms with Crippen LogP contribution in [0.15, 0.2) is 12.1 Å². The molecular weight excluding hydrogens is 232 g/mol. The molecule has 0 bridgehead atoms. The monoisotopic (exact) mass is 260 g/mol. The molecular formula is C17H28N2. The molecule has 0 spiro atoms. The second-order valence-corrected chi connectivity index (χ2v) is 6.01.